The van der Waals surface area contributed by atoms with E-state index in [4.69, 9.17) is 5.73 Å². The Morgan fingerprint density at radius 3 is 2.33 bits per heavy atom. The predicted molar refractivity (Wildman–Crippen MR) is 108 cm³/mol. The van der Waals surface area contributed by atoms with Crippen LogP contribution in [0.15, 0.2) is 33.9 Å². The van der Waals surface area contributed by atoms with Crippen LogP contribution in [0.2, 0.25) is 0 Å². The molecule has 0 saturated heterocycles. The van der Waals surface area contributed by atoms with Gasteiger partial charge in [-0.2, -0.15) is 0 Å². The highest BCUT2D eigenvalue weighted by Crippen LogP contribution is 2.20. The quantitative estimate of drug-likeness (QED) is 0.743. The monoisotopic (exact) mass is 372 g/mol. The molecule has 1 aromatic heterocycles. The fourth-order valence-electron chi connectivity index (χ4n) is 2.95. The van der Waals surface area contributed by atoms with Crippen molar-refractivity contribution in [3.8, 4) is 0 Å². The van der Waals surface area contributed by atoms with Crippen LogP contribution >= 0.6 is 0 Å². The van der Waals surface area contributed by atoms with Gasteiger partial charge in [0.25, 0.3) is 11.5 Å². The van der Waals surface area contributed by atoms with E-state index in [-0.39, 0.29) is 17.4 Å². The molecule has 0 aliphatic heterocycles. The van der Waals surface area contributed by atoms with Crippen molar-refractivity contribution in [2.75, 3.05) is 17.2 Å². The Morgan fingerprint density at radius 2 is 1.78 bits per heavy atom. The molecule has 1 aromatic carbocycles. The van der Waals surface area contributed by atoms with E-state index in [1.54, 1.807) is 12.1 Å². The molecule has 146 valence electrons. The van der Waals surface area contributed by atoms with Crippen molar-refractivity contribution in [2.45, 2.75) is 53.0 Å². The number of nitrogens with one attached hydrogen (secondary N) is 1. The van der Waals surface area contributed by atoms with Gasteiger partial charge in [-0.05, 0) is 37.0 Å². The first-order valence-corrected chi connectivity index (χ1v) is 9.47. The number of nitrogens with two attached hydrogens (primary N) is 1. The summed E-state index contributed by atoms with van der Waals surface area (Å²) in [6.07, 6.45) is 3.12. The van der Waals surface area contributed by atoms with Crippen molar-refractivity contribution in [2.24, 2.45) is 0 Å². The Labute approximate surface area is 158 Å². The molecule has 3 N–H and O–H groups in total. The second-order valence-corrected chi connectivity index (χ2v) is 6.51. The van der Waals surface area contributed by atoms with Gasteiger partial charge in [-0.25, -0.2) is 4.79 Å². The van der Waals surface area contributed by atoms with E-state index in [9.17, 15) is 14.4 Å². The lowest BCUT2D eigenvalue weighted by Gasteiger charge is -2.24. The highest BCUT2D eigenvalue weighted by atomic mass is 16.2. The average molecular weight is 372 g/mol. The number of rotatable bonds is 8. The van der Waals surface area contributed by atoms with Crippen LogP contribution in [0.5, 0.6) is 0 Å². The molecule has 0 aliphatic carbocycles. The SMILES string of the molecule is CCCCN(C(=O)c1ccc(CC)cc1)c1c(N)n(CCC)c(=O)[nH]c1=O. The third-order valence-electron chi connectivity index (χ3n) is 4.52. The highest BCUT2D eigenvalue weighted by molar-refractivity contribution is 6.07. The first kappa shape index (κ1) is 20.5. The van der Waals surface area contributed by atoms with E-state index >= 15 is 0 Å². The van der Waals surface area contributed by atoms with Crippen LogP contribution in [0.25, 0.3) is 0 Å². The summed E-state index contributed by atoms with van der Waals surface area (Å²) in [5.74, 6) is -0.273. The molecule has 0 saturated carbocycles. The number of anilines is 2. The van der Waals surface area contributed by atoms with E-state index < -0.39 is 11.2 Å². The minimum atomic E-state index is -0.639. The van der Waals surface area contributed by atoms with Gasteiger partial charge in [0.05, 0.1) is 0 Å². The first-order valence-electron chi connectivity index (χ1n) is 9.47. The van der Waals surface area contributed by atoms with Crippen LogP contribution in [-0.2, 0) is 13.0 Å². The molecule has 0 unspecified atom stereocenters. The summed E-state index contributed by atoms with van der Waals surface area (Å²) in [5, 5.41) is 0. The zero-order chi connectivity index (χ0) is 20.0. The maximum absolute atomic E-state index is 13.1. The lowest BCUT2D eigenvalue weighted by atomic mass is 10.1. The zero-order valence-electron chi connectivity index (χ0n) is 16.2. The lowest BCUT2D eigenvalue weighted by molar-refractivity contribution is 0.0986. The minimum absolute atomic E-state index is 0.0280. The van der Waals surface area contributed by atoms with Gasteiger partial charge in [0.2, 0.25) is 0 Å². The Hall–Kier alpha value is -2.83. The number of hydrogen-bond acceptors (Lipinski definition) is 4. The maximum atomic E-state index is 13.1. The van der Waals surface area contributed by atoms with Crippen LogP contribution < -0.4 is 21.9 Å². The van der Waals surface area contributed by atoms with Crippen LogP contribution in [0.1, 0.15) is 56.0 Å². The molecule has 7 heteroatoms. The van der Waals surface area contributed by atoms with Crippen molar-refractivity contribution in [1.29, 1.82) is 0 Å². The van der Waals surface area contributed by atoms with Gasteiger partial charge in [0.15, 0.2) is 5.69 Å². The molecule has 0 bridgehead atoms. The van der Waals surface area contributed by atoms with Gasteiger partial charge in [-0.3, -0.25) is 19.1 Å². The average Bonchev–Trinajstić information content (AvgIpc) is 2.67. The molecule has 0 radical (unpaired) electrons. The summed E-state index contributed by atoms with van der Waals surface area (Å²) >= 11 is 0. The second kappa shape index (κ2) is 9.21. The standard InChI is InChI=1S/C20H28N4O3/c1-4-7-13-23(19(26)15-10-8-14(6-3)9-11-15)16-17(21)24(12-5-2)20(27)22-18(16)25/h8-11H,4-7,12-13,21H2,1-3H3,(H,22,25,27). The highest BCUT2D eigenvalue weighted by Gasteiger charge is 2.24. The number of nitrogen functional groups attached to an aromatic ring is 1. The number of carbonyl (C=O) groups excluding carboxylic acids is 1. The molecule has 0 fully saturated rings. The molecule has 1 amide bonds. The van der Waals surface area contributed by atoms with Crippen LogP contribution in [0.4, 0.5) is 11.5 Å². The smallest absolute Gasteiger partial charge is 0.330 e. The summed E-state index contributed by atoms with van der Waals surface area (Å²) < 4.78 is 1.31. The molecule has 0 spiro atoms. The third-order valence-corrected chi connectivity index (χ3v) is 4.52. The normalized spacial score (nSPS) is 10.8. The molecule has 2 rings (SSSR count). The van der Waals surface area contributed by atoms with Gasteiger partial charge in [-0.1, -0.05) is 39.3 Å². The first-order chi connectivity index (χ1) is 12.9. The number of amides is 1. The molecule has 27 heavy (non-hydrogen) atoms. The van der Waals surface area contributed by atoms with Crippen molar-refractivity contribution in [3.05, 3.63) is 56.2 Å². The van der Waals surface area contributed by atoms with Gasteiger partial charge in [0.1, 0.15) is 5.82 Å². The lowest BCUT2D eigenvalue weighted by Crippen LogP contribution is -2.41. The summed E-state index contributed by atoms with van der Waals surface area (Å²) in [6, 6.07) is 7.31. The Kier molecular flexibility index (Phi) is 6.98. The Morgan fingerprint density at radius 1 is 1.11 bits per heavy atom. The number of hydrogen-bond donors (Lipinski definition) is 2. The number of H-pyrrole nitrogens is 1. The number of carbonyl (C=O) groups is 1. The number of benzene rings is 1. The number of aromatic amines is 1. The number of aromatic nitrogens is 2. The molecular weight excluding hydrogens is 344 g/mol. The van der Waals surface area contributed by atoms with Crippen molar-refractivity contribution in [1.82, 2.24) is 9.55 Å². The maximum Gasteiger partial charge on any atom is 0.330 e. The zero-order valence-corrected chi connectivity index (χ0v) is 16.2. The third kappa shape index (κ3) is 4.48. The molecule has 0 atom stereocenters. The van der Waals surface area contributed by atoms with E-state index in [0.29, 0.717) is 31.5 Å². The molecule has 2 aromatic rings. The summed E-state index contributed by atoms with van der Waals surface area (Å²) in [5.41, 5.74) is 6.61. The summed E-state index contributed by atoms with van der Waals surface area (Å²) in [6.45, 7) is 6.68. The van der Waals surface area contributed by atoms with E-state index in [1.807, 2.05) is 32.9 Å². The molecule has 0 aliphatic rings. The van der Waals surface area contributed by atoms with Crippen molar-refractivity contribution >= 4 is 17.4 Å². The van der Waals surface area contributed by atoms with Gasteiger partial charge in [0, 0.05) is 18.7 Å². The Bertz CT molecular complexity index is 897. The van der Waals surface area contributed by atoms with E-state index in [0.717, 1.165) is 18.4 Å². The van der Waals surface area contributed by atoms with Crippen LogP contribution in [-0.4, -0.2) is 22.0 Å². The van der Waals surface area contributed by atoms with Gasteiger partial charge >= 0.3 is 5.69 Å². The summed E-state index contributed by atoms with van der Waals surface area (Å²) in [7, 11) is 0. The largest absolute Gasteiger partial charge is 0.383 e. The molecule has 1 heterocycles. The molecule has 7 nitrogen and oxygen atoms in total. The minimum Gasteiger partial charge on any atom is -0.383 e. The topological polar surface area (TPSA) is 101 Å². The number of unbranched alkanes of at least 4 members (excludes halogenated alkanes) is 1. The van der Waals surface area contributed by atoms with Gasteiger partial charge < -0.3 is 10.6 Å². The molecular formula is C20H28N4O3. The number of nitrogens with zero attached hydrogens (tertiary/aromatic N) is 2. The predicted octanol–water partition coefficient (Wildman–Crippen LogP) is 2.54. The van der Waals surface area contributed by atoms with Crippen molar-refractivity contribution in [3.63, 3.8) is 0 Å². The van der Waals surface area contributed by atoms with Crippen LogP contribution in [0.3, 0.4) is 0 Å². The fraction of sp³-hybridized carbons (Fsp3) is 0.450. The van der Waals surface area contributed by atoms with Gasteiger partial charge in [-0.15, -0.1) is 0 Å². The van der Waals surface area contributed by atoms with Crippen molar-refractivity contribution < 1.29 is 4.79 Å². The fourth-order valence-corrected chi connectivity index (χ4v) is 2.95. The second-order valence-electron chi connectivity index (χ2n) is 6.51. The van der Waals surface area contributed by atoms with E-state index in [1.165, 1.54) is 9.47 Å². The van der Waals surface area contributed by atoms with Crippen LogP contribution in [0, 0.1) is 0 Å². The van der Waals surface area contributed by atoms with E-state index in [2.05, 4.69) is 4.98 Å². The summed E-state index contributed by atoms with van der Waals surface area (Å²) in [4.78, 5) is 41.4. The number of aryl methyl sites for hydroxylation is 1. The Balaban J connectivity index is 2.55.